The first kappa shape index (κ1) is 11.2. The van der Waals surface area contributed by atoms with E-state index < -0.39 is 0 Å². The zero-order valence-corrected chi connectivity index (χ0v) is 10.1. The molecule has 2 rings (SSSR count). The summed E-state index contributed by atoms with van der Waals surface area (Å²) in [7, 11) is 0. The van der Waals surface area contributed by atoms with Crippen LogP contribution < -0.4 is 0 Å². The van der Waals surface area contributed by atoms with Gasteiger partial charge in [0.25, 0.3) is 0 Å². The first-order chi connectivity index (χ1) is 7.47. The van der Waals surface area contributed by atoms with Crippen LogP contribution in [0.25, 0.3) is 0 Å². The second-order valence-electron chi connectivity index (χ2n) is 5.39. The Bertz CT molecular complexity index is 375. The van der Waals surface area contributed by atoms with Crippen LogP contribution in [0, 0.1) is 5.92 Å². The lowest BCUT2D eigenvalue weighted by molar-refractivity contribution is -0.156. The molecule has 2 unspecified atom stereocenters. The average Bonchev–Trinajstić information content (AvgIpc) is 2.96. The SMILES string of the molecule is CC(C)(C)OC(=O)C1CC1c1ccccc1. The summed E-state index contributed by atoms with van der Waals surface area (Å²) in [5.74, 6) is 0.388. The first-order valence-electron chi connectivity index (χ1n) is 5.75. The van der Waals surface area contributed by atoms with Crippen molar-refractivity contribution >= 4 is 5.97 Å². The van der Waals surface area contributed by atoms with Crippen LogP contribution in [-0.4, -0.2) is 11.6 Å². The number of hydrogen-bond donors (Lipinski definition) is 0. The van der Waals surface area contributed by atoms with Crippen LogP contribution in [0.15, 0.2) is 30.3 Å². The zero-order chi connectivity index (χ0) is 11.8. The van der Waals surface area contributed by atoms with Gasteiger partial charge in [-0.25, -0.2) is 0 Å². The van der Waals surface area contributed by atoms with Crippen LogP contribution in [0.5, 0.6) is 0 Å². The minimum atomic E-state index is -0.374. The van der Waals surface area contributed by atoms with Crippen LogP contribution >= 0.6 is 0 Å². The zero-order valence-electron chi connectivity index (χ0n) is 10.1. The molecule has 0 radical (unpaired) electrons. The van der Waals surface area contributed by atoms with Crippen LogP contribution in [0.2, 0.25) is 0 Å². The molecule has 86 valence electrons. The molecule has 0 spiro atoms. The second-order valence-corrected chi connectivity index (χ2v) is 5.39. The number of esters is 1. The van der Waals surface area contributed by atoms with E-state index in [-0.39, 0.29) is 17.5 Å². The van der Waals surface area contributed by atoms with E-state index in [0.29, 0.717) is 5.92 Å². The summed E-state index contributed by atoms with van der Waals surface area (Å²) in [4.78, 5) is 11.8. The van der Waals surface area contributed by atoms with E-state index in [1.54, 1.807) is 0 Å². The maximum absolute atomic E-state index is 11.8. The van der Waals surface area contributed by atoms with Crippen molar-refractivity contribution < 1.29 is 9.53 Å². The fourth-order valence-corrected chi connectivity index (χ4v) is 1.90. The molecule has 1 aliphatic carbocycles. The minimum absolute atomic E-state index is 0.0543. The van der Waals surface area contributed by atoms with E-state index in [2.05, 4.69) is 12.1 Å². The summed E-state index contributed by atoms with van der Waals surface area (Å²) in [6.07, 6.45) is 0.929. The van der Waals surface area contributed by atoms with Crippen LogP contribution in [0.3, 0.4) is 0 Å². The van der Waals surface area contributed by atoms with E-state index in [0.717, 1.165) is 6.42 Å². The Labute approximate surface area is 96.6 Å². The third-order valence-electron chi connectivity index (χ3n) is 2.73. The highest BCUT2D eigenvalue weighted by molar-refractivity contribution is 5.77. The molecule has 1 aromatic rings. The van der Waals surface area contributed by atoms with Crippen molar-refractivity contribution in [2.24, 2.45) is 5.92 Å². The number of ether oxygens (including phenoxy) is 1. The summed E-state index contributed by atoms with van der Waals surface area (Å²) >= 11 is 0. The Kier molecular flexibility index (Phi) is 2.75. The van der Waals surface area contributed by atoms with Crippen molar-refractivity contribution in [3.05, 3.63) is 35.9 Å². The summed E-state index contributed by atoms with van der Waals surface area (Å²) in [5, 5.41) is 0. The topological polar surface area (TPSA) is 26.3 Å². The highest BCUT2D eigenvalue weighted by Gasteiger charge is 2.46. The van der Waals surface area contributed by atoms with E-state index in [9.17, 15) is 4.79 Å². The highest BCUT2D eigenvalue weighted by Crippen LogP contribution is 2.48. The lowest BCUT2D eigenvalue weighted by atomic mass is 10.1. The molecule has 0 bridgehead atoms. The Morgan fingerprint density at radius 2 is 1.88 bits per heavy atom. The molecule has 0 heterocycles. The van der Waals surface area contributed by atoms with Crippen molar-refractivity contribution in [1.82, 2.24) is 0 Å². The molecular formula is C14H18O2. The van der Waals surface area contributed by atoms with E-state index in [1.165, 1.54) is 5.56 Å². The van der Waals surface area contributed by atoms with Crippen molar-refractivity contribution in [2.45, 2.75) is 38.7 Å². The largest absolute Gasteiger partial charge is 0.460 e. The van der Waals surface area contributed by atoms with Gasteiger partial charge in [-0.05, 0) is 38.7 Å². The van der Waals surface area contributed by atoms with Crippen molar-refractivity contribution in [3.63, 3.8) is 0 Å². The maximum atomic E-state index is 11.8. The van der Waals surface area contributed by atoms with Gasteiger partial charge >= 0.3 is 5.97 Å². The van der Waals surface area contributed by atoms with Gasteiger partial charge in [0.2, 0.25) is 0 Å². The molecule has 1 fully saturated rings. The molecule has 0 saturated heterocycles. The molecule has 1 saturated carbocycles. The average molecular weight is 218 g/mol. The van der Waals surface area contributed by atoms with Gasteiger partial charge in [0.05, 0.1) is 5.92 Å². The van der Waals surface area contributed by atoms with E-state index in [4.69, 9.17) is 4.74 Å². The fourth-order valence-electron chi connectivity index (χ4n) is 1.90. The molecule has 2 atom stereocenters. The predicted molar refractivity (Wildman–Crippen MR) is 63.1 cm³/mol. The van der Waals surface area contributed by atoms with Crippen LogP contribution in [-0.2, 0) is 9.53 Å². The van der Waals surface area contributed by atoms with Crippen LogP contribution in [0.4, 0.5) is 0 Å². The smallest absolute Gasteiger partial charge is 0.310 e. The fraction of sp³-hybridized carbons (Fsp3) is 0.500. The van der Waals surface area contributed by atoms with Gasteiger partial charge in [0.15, 0.2) is 0 Å². The monoisotopic (exact) mass is 218 g/mol. The van der Waals surface area contributed by atoms with Crippen molar-refractivity contribution in [3.8, 4) is 0 Å². The third-order valence-corrected chi connectivity index (χ3v) is 2.73. The summed E-state index contributed by atoms with van der Waals surface area (Å²) < 4.78 is 5.37. The maximum Gasteiger partial charge on any atom is 0.310 e. The Morgan fingerprint density at radius 3 is 2.44 bits per heavy atom. The quantitative estimate of drug-likeness (QED) is 0.713. The van der Waals surface area contributed by atoms with Crippen molar-refractivity contribution in [2.75, 3.05) is 0 Å². The normalized spacial score (nSPS) is 23.9. The molecule has 1 aromatic carbocycles. The van der Waals surface area contributed by atoms with Gasteiger partial charge in [0, 0.05) is 0 Å². The Morgan fingerprint density at radius 1 is 1.25 bits per heavy atom. The van der Waals surface area contributed by atoms with E-state index >= 15 is 0 Å². The number of carbonyl (C=O) groups is 1. The molecule has 2 nitrogen and oxygen atoms in total. The molecule has 2 heteroatoms. The summed E-state index contributed by atoms with van der Waals surface area (Å²) in [5.41, 5.74) is 0.874. The minimum Gasteiger partial charge on any atom is -0.460 e. The van der Waals surface area contributed by atoms with Gasteiger partial charge < -0.3 is 4.74 Å². The third kappa shape index (κ3) is 2.63. The lowest BCUT2D eigenvalue weighted by Gasteiger charge is -2.19. The van der Waals surface area contributed by atoms with Crippen LogP contribution in [0.1, 0.15) is 38.7 Å². The standard InChI is InChI=1S/C14H18O2/c1-14(2,3)16-13(15)12-9-11(12)10-7-5-4-6-8-10/h4-8,11-12H,9H2,1-3H3. The number of hydrogen-bond acceptors (Lipinski definition) is 2. The number of rotatable bonds is 2. The lowest BCUT2D eigenvalue weighted by Crippen LogP contribution is -2.25. The summed E-state index contributed by atoms with van der Waals surface area (Å²) in [6.45, 7) is 5.72. The Balaban J connectivity index is 1.95. The summed E-state index contributed by atoms with van der Waals surface area (Å²) in [6, 6.07) is 10.2. The molecule has 16 heavy (non-hydrogen) atoms. The van der Waals surface area contributed by atoms with E-state index in [1.807, 2.05) is 39.0 Å². The van der Waals surface area contributed by atoms with Gasteiger partial charge in [-0.15, -0.1) is 0 Å². The molecule has 0 aromatic heterocycles. The predicted octanol–water partition coefficient (Wildman–Crippen LogP) is 3.13. The molecule has 0 amide bonds. The number of carbonyl (C=O) groups excluding carboxylic acids is 1. The van der Waals surface area contributed by atoms with Gasteiger partial charge in [-0.1, -0.05) is 30.3 Å². The molecule has 1 aliphatic rings. The van der Waals surface area contributed by atoms with Gasteiger partial charge in [0.1, 0.15) is 5.60 Å². The molecule has 0 aliphatic heterocycles. The number of benzene rings is 1. The van der Waals surface area contributed by atoms with Gasteiger partial charge in [-0.2, -0.15) is 0 Å². The Hall–Kier alpha value is -1.31. The first-order valence-corrected chi connectivity index (χ1v) is 5.75. The van der Waals surface area contributed by atoms with Gasteiger partial charge in [-0.3, -0.25) is 4.79 Å². The second kappa shape index (κ2) is 3.93. The van der Waals surface area contributed by atoms with Crippen molar-refractivity contribution in [1.29, 1.82) is 0 Å². The molecular weight excluding hydrogens is 200 g/mol. The highest BCUT2D eigenvalue weighted by atomic mass is 16.6. The molecule has 0 N–H and O–H groups in total.